The molecule has 6 nitrogen and oxygen atoms in total. The van der Waals surface area contributed by atoms with E-state index < -0.39 is 11.9 Å². The highest BCUT2D eigenvalue weighted by atomic mass is 16.5. The van der Waals surface area contributed by atoms with Crippen LogP contribution < -0.4 is 5.32 Å². The number of carbonyl (C=O) groups excluding carboxylic acids is 1. The SMILES string of the molecule is CC1CC(C(=O)O)CN(C(=O)NCCOC2CCCCCC2)C1. The molecule has 2 amide bonds. The van der Waals surface area contributed by atoms with Gasteiger partial charge in [0.05, 0.1) is 18.6 Å². The van der Waals surface area contributed by atoms with E-state index in [0.29, 0.717) is 38.8 Å². The van der Waals surface area contributed by atoms with Crippen molar-refractivity contribution in [2.24, 2.45) is 11.8 Å². The number of carboxylic acid groups (broad SMARTS) is 1. The van der Waals surface area contributed by atoms with Gasteiger partial charge < -0.3 is 20.1 Å². The average Bonchev–Trinajstić information content (AvgIpc) is 2.79. The lowest BCUT2D eigenvalue weighted by Crippen LogP contribution is -2.50. The summed E-state index contributed by atoms with van der Waals surface area (Å²) in [5.74, 6) is -1.05. The first-order valence-electron chi connectivity index (χ1n) is 8.93. The van der Waals surface area contributed by atoms with Gasteiger partial charge in [-0.05, 0) is 25.2 Å². The Balaban J connectivity index is 1.66. The number of nitrogens with one attached hydrogen (secondary N) is 1. The second-order valence-corrected chi connectivity index (χ2v) is 7.00. The van der Waals surface area contributed by atoms with Crippen LogP contribution in [0.3, 0.4) is 0 Å². The summed E-state index contributed by atoms with van der Waals surface area (Å²) in [7, 11) is 0. The molecule has 1 aliphatic heterocycles. The molecule has 132 valence electrons. The van der Waals surface area contributed by atoms with Crippen molar-refractivity contribution in [1.29, 1.82) is 0 Å². The summed E-state index contributed by atoms with van der Waals surface area (Å²) in [6, 6.07) is -0.174. The van der Waals surface area contributed by atoms with Crippen molar-refractivity contribution in [1.82, 2.24) is 10.2 Å². The number of hydrogen-bond acceptors (Lipinski definition) is 3. The third-order valence-electron chi connectivity index (χ3n) is 4.83. The fourth-order valence-corrected chi connectivity index (χ4v) is 3.60. The molecule has 23 heavy (non-hydrogen) atoms. The quantitative estimate of drug-likeness (QED) is 0.601. The minimum atomic E-state index is -0.814. The van der Waals surface area contributed by atoms with Crippen LogP contribution in [0.5, 0.6) is 0 Å². The fraction of sp³-hybridized carbons (Fsp3) is 0.882. The molecule has 1 saturated heterocycles. The maximum absolute atomic E-state index is 12.2. The van der Waals surface area contributed by atoms with E-state index in [4.69, 9.17) is 9.84 Å². The highest BCUT2D eigenvalue weighted by Gasteiger charge is 2.31. The zero-order valence-electron chi connectivity index (χ0n) is 14.1. The molecule has 2 aliphatic rings. The molecule has 0 aromatic heterocycles. The molecule has 0 aromatic rings. The number of nitrogens with zero attached hydrogens (tertiary/aromatic N) is 1. The smallest absolute Gasteiger partial charge is 0.317 e. The Labute approximate surface area is 138 Å². The molecule has 0 bridgehead atoms. The standard InChI is InChI=1S/C17H30N2O4/c1-13-10-14(16(20)21)12-19(11-13)17(22)18-8-9-23-15-6-4-2-3-5-7-15/h13-15H,2-12H2,1H3,(H,18,22)(H,20,21). The van der Waals surface area contributed by atoms with Gasteiger partial charge in [-0.3, -0.25) is 4.79 Å². The predicted octanol–water partition coefficient (Wildman–Crippen LogP) is 2.48. The Morgan fingerprint density at radius 3 is 2.52 bits per heavy atom. The summed E-state index contributed by atoms with van der Waals surface area (Å²) >= 11 is 0. The zero-order valence-corrected chi connectivity index (χ0v) is 14.1. The van der Waals surface area contributed by atoms with Crippen molar-refractivity contribution in [3.05, 3.63) is 0 Å². The van der Waals surface area contributed by atoms with Crippen molar-refractivity contribution in [2.45, 2.75) is 58.0 Å². The van der Waals surface area contributed by atoms with Gasteiger partial charge in [-0.1, -0.05) is 32.6 Å². The number of amides is 2. The Bertz CT molecular complexity index is 394. The molecular formula is C17H30N2O4. The predicted molar refractivity (Wildman–Crippen MR) is 87.3 cm³/mol. The van der Waals surface area contributed by atoms with Crippen LogP contribution in [0.4, 0.5) is 4.79 Å². The van der Waals surface area contributed by atoms with E-state index in [1.54, 1.807) is 4.90 Å². The van der Waals surface area contributed by atoms with E-state index in [0.717, 1.165) is 12.8 Å². The van der Waals surface area contributed by atoms with Gasteiger partial charge in [0.2, 0.25) is 0 Å². The van der Waals surface area contributed by atoms with Crippen LogP contribution in [0, 0.1) is 11.8 Å². The Hall–Kier alpha value is -1.30. The molecule has 0 spiro atoms. The number of hydrogen-bond donors (Lipinski definition) is 2. The van der Waals surface area contributed by atoms with Crippen molar-refractivity contribution >= 4 is 12.0 Å². The highest BCUT2D eigenvalue weighted by Crippen LogP contribution is 2.22. The largest absolute Gasteiger partial charge is 0.481 e. The second-order valence-electron chi connectivity index (χ2n) is 7.00. The molecule has 1 aliphatic carbocycles. The lowest BCUT2D eigenvalue weighted by Gasteiger charge is -2.34. The number of likely N-dealkylation sites (tertiary alicyclic amines) is 1. The average molecular weight is 326 g/mol. The number of carboxylic acids is 1. The molecule has 2 rings (SSSR count). The number of piperidine rings is 1. The third kappa shape index (κ3) is 6.01. The summed E-state index contributed by atoms with van der Waals surface area (Å²) in [4.78, 5) is 25.0. The van der Waals surface area contributed by atoms with Gasteiger partial charge in [0, 0.05) is 19.6 Å². The topological polar surface area (TPSA) is 78.9 Å². The molecule has 0 radical (unpaired) electrons. The summed E-state index contributed by atoms with van der Waals surface area (Å²) in [6.45, 7) is 3.93. The van der Waals surface area contributed by atoms with Gasteiger partial charge in [0.25, 0.3) is 0 Å². The van der Waals surface area contributed by atoms with E-state index in [9.17, 15) is 9.59 Å². The third-order valence-corrected chi connectivity index (χ3v) is 4.83. The van der Waals surface area contributed by atoms with Crippen LogP contribution in [0.2, 0.25) is 0 Å². The van der Waals surface area contributed by atoms with Crippen molar-refractivity contribution in [3.8, 4) is 0 Å². The van der Waals surface area contributed by atoms with E-state index in [1.165, 1.54) is 25.7 Å². The van der Waals surface area contributed by atoms with Gasteiger partial charge in [-0.2, -0.15) is 0 Å². The first-order chi connectivity index (χ1) is 11.1. The van der Waals surface area contributed by atoms with Crippen LogP contribution >= 0.6 is 0 Å². The highest BCUT2D eigenvalue weighted by molar-refractivity contribution is 5.76. The van der Waals surface area contributed by atoms with Crippen molar-refractivity contribution in [3.63, 3.8) is 0 Å². The summed E-state index contributed by atoms with van der Waals surface area (Å²) < 4.78 is 5.85. The number of carbonyl (C=O) groups is 2. The van der Waals surface area contributed by atoms with Gasteiger partial charge in [-0.15, -0.1) is 0 Å². The van der Waals surface area contributed by atoms with E-state index in [-0.39, 0.29) is 11.9 Å². The van der Waals surface area contributed by atoms with Crippen LogP contribution in [-0.2, 0) is 9.53 Å². The van der Waals surface area contributed by atoms with Crippen LogP contribution in [0.1, 0.15) is 51.9 Å². The molecule has 1 heterocycles. The number of aliphatic carboxylic acids is 1. The number of urea groups is 1. The molecule has 0 aromatic carbocycles. The molecule has 1 saturated carbocycles. The lowest BCUT2D eigenvalue weighted by molar-refractivity contribution is -0.143. The Kier molecular flexibility index (Phi) is 7.15. The fourth-order valence-electron chi connectivity index (χ4n) is 3.60. The Morgan fingerprint density at radius 1 is 1.17 bits per heavy atom. The van der Waals surface area contributed by atoms with Crippen LogP contribution in [0.15, 0.2) is 0 Å². The first-order valence-corrected chi connectivity index (χ1v) is 8.93. The number of rotatable bonds is 5. The molecule has 2 atom stereocenters. The number of ether oxygens (including phenoxy) is 1. The van der Waals surface area contributed by atoms with Crippen molar-refractivity contribution in [2.75, 3.05) is 26.2 Å². The van der Waals surface area contributed by atoms with Gasteiger partial charge >= 0.3 is 12.0 Å². The van der Waals surface area contributed by atoms with Gasteiger partial charge in [0.15, 0.2) is 0 Å². The Morgan fingerprint density at radius 2 is 1.87 bits per heavy atom. The van der Waals surface area contributed by atoms with Crippen LogP contribution in [0.25, 0.3) is 0 Å². The van der Waals surface area contributed by atoms with E-state index in [1.807, 2.05) is 6.92 Å². The summed E-state index contributed by atoms with van der Waals surface area (Å²) in [5, 5.41) is 12.0. The second kappa shape index (κ2) is 9.11. The van der Waals surface area contributed by atoms with Crippen molar-refractivity contribution < 1.29 is 19.4 Å². The van der Waals surface area contributed by atoms with Gasteiger partial charge in [-0.25, -0.2) is 4.79 Å². The van der Waals surface area contributed by atoms with E-state index in [2.05, 4.69) is 5.32 Å². The molecular weight excluding hydrogens is 296 g/mol. The minimum absolute atomic E-state index is 0.174. The summed E-state index contributed by atoms with van der Waals surface area (Å²) in [5.41, 5.74) is 0. The van der Waals surface area contributed by atoms with Crippen LogP contribution in [-0.4, -0.2) is 54.4 Å². The maximum atomic E-state index is 12.2. The van der Waals surface area contributed by atoms with Gasteiger partial charge in [0.1, 0.15) is 0 Å². The molecule has 2 N–H and O–H groups in total. The maximum Gasteiger partial charge on any atom is 0.317 e. The first kappa shape index (κ1) is 18.0. The minimum Gasteiger partial charge on any atom is -0.481 e. The lowest BCUT2D eigenvalue weighted by atomic mass is 9.91. The van der Waals surface area contributed by atoms with E-state index >= 15 is 0 Å². The zero-order chi connectivity index (χ0) is 16.7. The molecule has 2 unspecified atom stereocenters. The summed E-state index contributed by atoms with van der Waals surface area (Å²) in [6.07, 6.45) is 8.29. The normalized spacial score (nSPS) is 26.6. The molecule has 2 fully saturated rings. The monoisotopic (exact) mass is 326 g/mol. The molecule has 6 heteroatoms.